The second-order valence-electron chi connectivity index (χ2n) is 4.46. The van der Waals surface area contributed by atoms with Crippen molar-refractivity contribution in [1.29, 1.82) is 0 Å². The summed E-state index contributed by atoms with van der Waals surface area (Å²) in [5, 5.41) is 7.15. The van der Waals surface area contributed by atoms with Crippen molar-refractivity contribution in [3.63, 3.8) is 0 Å². The van der Waals surface area contributed by atoms with Crippen molar-refractivity contribution in [3.8, 4) is 0 Å². The smallest absolute Gasteiger partial charge is 0.268 e. The molecule has 1 fully saturated rings. The van der Waals surface area contributed by atoms with E-state index >= 15 is 0 Å². The minimum absolute atomic E-state index is 0.0498. The van der Waals surface area contributed by atoms with Gasteiger partial charge in [-0.1, -0.05) is 6.92 Å². The molecule has 0 aliphatic heterocycles. The van der Waals surface area contributed by atoms with Gasteiger partial charge in [-0.2, -0.15) is 5.10 Å². The SMILES string of the molecule is CCS(=O)(=O)CCn1ncc(NC2CC2)cc1=O. The molecule has 6 nitrogen and oxygen atoms in total. The number of sulfone groups is 1. The van der Waals surface area contributed by atoms with E-state index in [1.807, 2.05) is 0 Å². The fraction of sp³-hybridized carbons (Fsp3) is 0.636. The molecule has 100 valence electrons. The van der Waals surface area contributed by atoms with Gasteiger partial charge in [0.15, 0.2) is 9.84 Å². The van der Waals surface area contributed by atoms with Crippen LogP contribution in [0.5, 0.6) is 0 Å². The number of rotatable bonds is 6. The Labute approximate surface area is 106 Å². The summed E-state index contributed by atoms with van der Waals surface area (Å²) in [6, 6.07) is 1.92. The second-order valence-corrected chi connectivity index (χ2v) is 6.93. The highest BCUT2D eigenvalue weighted by Gasteiger charge is 2.21. The third-order valence-electron chi connectivity index (χ3n) is 2.87. The van der Waals surface area contributed by atoms with Crippen molar-refractivity contribution in [1.82, 2.24) is 9.78 Å². The van der Waals surface area contributed by atoms with Gasteiger partial charge in [-0.3, -0.25) is 4.79 Å². The fourth-order valence-electron chi connectivity index (χ4n) is 1.51. The van der Waals surface area contributed by atoms with E-state index < -0.39 is 9.84 Å². The van der Waals surface area contributed by atoms with Gasteiger partial charge in [0.1, 0.15) is 0 Å². The van der Waals surface area contributed by atoms with Crippen molar-refractivity contribution >= 4 is 15.5 Å². The first-order valence-electron chi connectivity index (χ1n) is 6.04. The van der Waals surface area contributed by atoms with Crippen LogP contribution in [0.3, 0.4) is 0 Å². The predicted molar refractivity (Wildman–Crippen MR) is 69.5 cm³/mol. The summed E-state index contributed by atoms with van der Waals surface area (Å²) in [5.41, 5.74) is 0.434. The summed E-state index contributed by atoms with van der Waals surface area (Å²) in [5.74, 6) is 0.0366. The number of anilines is 1. The highest BCUT2D eigenvalue weighted by Crippen LogP contribution is 2.23. The molecule has 0 radical (unpaired) electrons. The average molecular weight is 271 g/mol. The molecule has 1 aliphatic rings. The van der Waals surface area contributed by atoms with Crippen LogP contribution in [0.25, 0.3) is 0 Å². The Morgan fingerprint density at radius 1 is 1.50 bits per heavy atom. The van der Waals surface area contributed by atoms with E-state index in [4.69, 9.17) is 0 Å². The minimum Gasteiger partial charge on any atom is -0.381 e. The van der Waals surface area contributed by atoms with E-state index in [1.165, 1.54) is 10.7 Å². The Hall–Kier alpha value is -1.37. The van der Waals surface area contributed by atoms with Gasteiger partial charge in [-0.05, 0) is 12.8 Å². The number of hydrogen-bond donors (Lipinski definition) is 1. The third kappa shape index (κ3) is 3.56. The van der Waals surface area contributed by atoms with Gasteiger partial charge in [0.05, 0.1) is 24.2 Å². The van der Waals surface area contributed by atoms with Crippen LogP contribution in [-0.4, -0.2) is 35.7 Å². The highest BCUT2D eigenvalue weighted by atomic mass is 32.2. The van der Waals surface area contributed by atoms with Crippen LogP contribution in [0.15, 0.2) is 17.1 Å². The number of nitrogens with one attached hydrogen (secondary N) is 1. The topological polar surface area (TPSA) is 81.1 Å². The second kappa shape index (κ2) is 5.09. The van der Waals surface area contributed by atoms with Crippen LogP contribution < -0.4 is 10.9 Å². The number of hydrogen-bond acceptors (Lipinski definition) is 5. The number of aryl methyl sites for hydroxylation is 1. The van der Waals surface area contributed by atoms with E-state index in [-0.39, 0.29) is 23.6 Å². The monoisotopic (exact) mass is 271 g/mol. The largest absolute Gasteiger partial charge is 0.381 e. The minimum atomic E-state index is -3.07. The molecule has 1 aromatic heterocycles. The van der Waals surface area contributed by atoms with E-state index in [0.29, 0.717) is 11.7 Å². The van der Waals surface area contributed by atoms with Crippen LogP contribution in [0.2, 0.25) is 0 Å². The average Bonchev–Trinajstić information content (AvgIpc) is 3.12. The first-order valence-corrected chi connectivity index (χ1v) is 7.86. The Morgan fingerprint density at radius 3 is 2.78 bits per heavy atom. The fourth-order valence-corrected chi connectivity index (χ4v) is 2.25. The number of aromatic nitrogens is 2. The van der Waals surface area contributed by atoms with Crippen LogP contribution >= 0.6 is 0 Å². The Morgan fingerprint density at radius 2 is 2.22 bits per heavy atom. The third-order valence-corrected chi connectivity index (χ3v) is 4.56. The molecule has 1 aromatic rings. The maximum atomic E-state index is 11.7. The molecule has 1 heterocycles. The molecule has 0 amide bonds. The van der Waals surface area contributed by atoms with Gasteiger partial charge >= 0.3 is 0 Å². The van der Waals surface area contributed by atoms with E-state index in [1.54, 1.807) is 13.1 Å². The van der Waals surface area contributed by atoms with E-state index in [9.17, 15) is 13.2 Å². The summed E-state index contributed by atoms with van der Waals surface area (Å²) < 4.78 is 23.9. The molecule has 0 unspecified atom stereocenters. The molecule has 0 aromatic carbocycles. The van der Waals surface area contributed by atoms with Crippen molar-refractivity contribution < 1.29 is 8.42 Å². The number of nitrogens with zero attached hydrogens (tertiary/aromatic N) is 2. The molecule has 0 saturated heterocycles. The summed E-state index contributed by atoms with van der Waals surface area (Å²) in [7, 11) is -3.07. The van der Waals surface area contributed by atoms with Gasteiger partial charge < -0.3 is 5.32 Å². The van der Waals surface area contributed by atoms with Crippen molar-refractivity contribution in [2.24, 2.45) is 0 Å². The maximum Gasteiger partial charge on any atom is 0.268 e. The lowest BCUT2D eigenvalue weighted by atomic mass is 10.4. The zero-order chi connectivity index (χ0) is 13.2. The maximum absolute atomic E-state index is 11.7. The zero-order valence-corrected chi connectivity index (χ0v) is 11.1. The zero-order valence-electron chi connectivity index (χ0n) is 10.3. The predicted octanol–water partition coefficient (Wildman–Crippen LogP) is 0.252. The molecule has 18 heavy (non-hydrogen) atoms. The molecule has 2 rings (SSSR count). The molecule has 0 spiro atoms. The Bertz CT molecular complexity index is 575. The summed E-state index contributed by atoms with van der Waals surface area (Å²) in [6.07, 6.45) is 3.81. The standard InChI is InChI=1S/C11H17N3O3S/c1-2-18(16,17)6-5-14-11(15)7-10(8-12-14)13-9-3-4-9/h7-9,13H,2-6H2,1H3. The quantitative estimate of drug-likeness (QED) is 0.802. The summed E-state index contributed by atoms with van der Waals surface area (Å²) in [4.78, 5) is 11.7. The first kappa shape index (κ1) is 13.1. The molecule has 1 N–H and O–H groups in total. The van der Waals surface area contributed by atoms with Gasteiger partial charge in [0.2, 0.25) is 0 Å². The molecular weight excluding hydrogens is 254 g/mol. The van der Waals surface area contributed by atoms with E-state index in [0.717, 1.165) is 12.8 Å². The van der Waals surface area contributed by atoms with Crippen LogP contribution in [0.1, 0.15) is 19.8 Å². The van der Waals surface area contributed by atoms with Gasteiger partial charge in [-0.25, -0.2) is 13.1 Å². The first-order chi connectivity index (χ1) is 8.50. The Balaban J connectivity index is 2.03. The van der Waals surface area contributed by atoms with Gasteiger partial charge in [0, 0.05) is 17.9 Å². The van der Waals surface area contributed by atoms with Gasteiger partial charge in [0.25, 0.3) is 5.56 Å². The normalized spacial score (nSPS) is 15.6. The molecular formula is C11H17N3O3S. The highest BCUT2D eigenvalue weighted by molar-refractivity contribution is 7.91. The molecule has 1 aliphatic carbocycles. The van der Waals surface area contributed by atoms with Crippen LogP contribution in [0.4, 0.5) is 5.69 Å². The molecule has 0 atom stereocenters. The Kier molecular flexibility index (Phi) is 3.70. The summed E-state index contributed by atoms with van der Waals surface area (Å²) in [6.45, 7) is 1.70. The molecule has 0 bridgehead atoms. The van der Waals surface area contributed by atoms with Gasteiger partial charge in [-0.15, -0.1) is 0 Å². The molecule has 1 saturated carbocycles. The van der Waals surface area contributed by atoms with E-state index in [2.05, 4.69) is 10.4 Å². The molecule has 7 heteroatoms. The van der Waals surface area contributed by atoms with Crippen LogP contribution in [-0.2, 0) is 16.4 Å². The lowest BCUT2D eigenvalue weighted by Gasteiger charge is -2.07. The van der Waals surface area contributed by atoms with Crippen molar-refractivity contribution in [2.45, 2.75) is 32.4 Å². The summed E-state index contributed by atoms with van der Waals surface area (Å²) >= 11 is 0. The lowest BCUT2D eigenvalue weighted by Crippen LogP contribution is -2.26. The van der Waals surface area contributed by atoms with Crippen molar-refractivity contribution in [2.75, 3.05) is 16.8 Å². The lowest BCUT2D eigenvalue weighted by molar-refractivity contribution is 0.572. The van der Waals surface area contributed by atoms with Crippen LogP contribution in [0, 0.1) is 0 Å². The van der Waals surface area contributed by atoms with Crippen molar-refractivity contribution in [3.05, 3.63) is 22.6 Å².